The summed E-state index contributed by atoms with van der Waals surface area (Å²) >= 11 is 0. The second-order valence-electron chi connectivity index (χ2n) is 5.10. The Morgan fingerprint density at radius 1 is 1.45 bits per heavy atom. The highest BCUT2D eigenvalue weighted by Crippen LogP contribution is 2.12. The molecular formula is C15H25N3O2. The molecule has 0 atom stereocenters. The zero-order valence-corrected chi connectivity index (χ0v) is 12.8. The van der Waals surface area contributed by atoms with Gasteiger partial charge in [0.15, 0.2) is 0 Å². The second-order valence-corrected chi connectivity index (χ2v) is 5.10. The van der Waals surface area contributed by atoms with E-state index in [1.165, 1.54) is 7.11 Å². The van der Waals surface area contributed by atoms with E-state index in [-0.39, 0.29) is 5.97 Å². The minimum Gasteiger partial charge on any atom is -0.465 e. The summed E-state index contributed by atoms with van der Waals surface area (Å²) in [5.74, 6) is 0.233. The van der Waals surface area contributed by atoms with Gasteiger partial charge in [0.1, 0.15) is 11.4 Å². The lowest BCUT2D eigenvalue weighted by Gasteiger charge is -2.20. The number of hydrogen-bond donors (Lipinski definition) is 1. The van der Waals surface area contributed by atoms with Crippen LogP contribution in [0.15, 0.2) is 18.3 Å². The highest BCUT2D eigenvalue weighted by molar-refractivity contribution is 5.94. The molecule has 0 bridgehead atoms. The van der Waals surface area contributed by atoms with E-state index < -0.39 is 0 Å². The molecule has 0 saturated heterocycles. The molecule has 1 rings (SSSR count). The number of aromatic nitrogens is 1. The molecule has 1 aromatic heterocycles. The van der Waals surface area contributed by atoms with Gasteiger partial charge in [-0.2, -0.15) is 0 Å². The third-order valence-corrected chi connectivity index (χ3v) is 3.32. The molecule has 1 heterocycles. The lowest BCUT2D eigenvalue weighted by atomic mass is 10.2. The summed E-state index contributed by atoms with van der Waals surface area (Å²) in [4.78, 5) is 18.1. The molecule has 112 valence electrons. The van der Waals surface area contributed by atoms with Gasteiger partial charge in [0.05, 0.1) is 7.11 Å². The van der Waals surface area contributed by atoms with Gasteiger partial charge in [-0.05, 0) is 52.4 Å². The summed E-state index contributed by atoms with van der Waals surface area (Å²) in [5.41, 5.74) is 0.481. The molecule has 0 radical (unpaired) electrons. The number of anilines is 1. The van der Waals surface area contributed by atoms with Crippen LogP contribution in [0.5, 0.6) is 0 Å². The summed E-state index contributed by atoms with van der Waals surface area (Å²) < 4.78 is 4.74. The lowest BCUT2D eigenvalue weighted by molar-refractivity contribution is 0.0601. The van der Waals surface area contributed by atoms with Crippen molar-refractivity contribution >= 4 is 11.8 Å². The topological polar surface area (TPSA) is 54.5 Å². The van der Waals surface area contributed by atoms with Gasteiger partial charge < -0.3 is 15.0 Å². The van der Waals surface area contributed by atoms with E-state index in [1.54, 1.807) is 18.3 Å². The third-order valence-electron chi connectivity index (χ3n) is 3.32. The number of unbranched alkanes of at least 4 members (excludes halogenated alkanes) is 1. The summed E-state index contributed by atoms with van der Waals surface area (Å²) in [6, 6.07) is 4.02. The first-order valence-electron chi connectivity index (χ1n) is 7.03. The van der Waals surface area contributed by atoms with Gasteiger partial charge in [-0.3, -0.25) is 0 Å². The molecule has 0 fully saturated rings. The Morgan fingerprint density at radius 3 is 2.85 bits per heavy atom. The van der Waals surface area contributed by atoms with Crippen molar-refractivity contribution < 1.29 is 9.53 Å². The molecule has 0 unspecified atom stereocenters. The molecule has 0 aliphatic carbocycles. The maximum atomic E-state index is 11.6. The van der Waals surface area contributed by atoms with E-state index in [9.17, 15) is 4.79 Å². The Morgan fingerprint density at radius 2 is 2.20 bits per heavy atom. The van der Waals surface area contributed by atoms with Gasteiger partial charge in [0, 0.05) is 18.8 Å². The van der Waals surface area contributed by atoms with Gasteiger partial charge in [0.25, 0.3) is 0 Å². The fraction of sp³-hybridized carbons (Fsp3) is 0.600. The number of methoxy groups -OCH3 is 1. The van der Waals surface area contributed by atoms with Crippen LogP contribution in [0.3, 0.4) is 0 Å². The largest absolute Gasteiger partial charge is 0.465 e. The monoisotopic (exact) mass is 279 g/mol. The molecule has 0 saturated carbocycles. The number of ether oxygens (including phenoxy) is 1. The maximum Gasteiger partial charge on any atom is 0.341 e. The quantitative estimate of drug-likeness (QED) is 0.585. The van der Waals surface area contributed by atoms with Gasteiger partial charge >= 0.3 is 5.97 Å². The van der Waals surface area contributed by atoms with Crippen molar-refractivity contribution in [3.05, 3.63) is 23.9 Å². The molecular weight excluding hydrogens is 254 g/mol. The number of esters is 1. The van der Waals surface area contributed by atoms with E-state index in [0.717, 1.165) is 25.9 Å². The van der Waals surface area contributed by atoms with Crippen molar-refractivity contribution in [2.24, 2.45) is 0 Å². The highest BCUT2D eigenvalue weighted by Gasteiger charge is 2.11. The SMILES string of the molecule is COC(=O)c1cccnc1NCCCCN(C)C(C)C. The average molecular weight is 279 g/mol. The molecule has 1 N–H and O–H groups in total. The average Bonchev–Trinajstić information content (AvgIpc) is 2.46. The third kappa shape index (κ3) is 5.17. The van der Waals surface area contributed by atoms with Crippen LogP contribution in [0.1, 0.15) is 37.0 Å². The summed E-state index contributed by atoms with van der Waals surface area (Å²) in [6.45, 7) is 6.25. The summed E-state index contributed by atoms with van der Waals surface area (Å²) in [7, 11) is 3.51. The molecule has 20 heavy (non-hydrogen) atoms. The number of nitrogens with zero attached hydrogens (tertiary/aromatic N) is 2. The first kappa shape index (κ1) is 16.4. The molecule has 5 nitrogen and oxygen atoms in total. The lowest BCUT2D eigenvalue weighted by Crippen LogP contribution is -2.27. The predicted octanol–water partition coefficient (Wildman–Crippen LogP) is 2.40. The number of nitrogens with one attached hydrogen (secondary N) is 1. The summed E-state index contributed by atoms with van der Waals surface area (Å²) in [6.07, 6.45) is 3.82. The second kappa shape index (κ2) is 8.53. The minimum absolute atomic E-state index is 0.361. The Balaban J connectivity index is 2.37. The highest BCUT2D eigenvalue weighted by atomic mass is 16.5. The number of pyridine rings is 1. The number of carbonyl (C=O) groups is 1. The van der Waals surface area contributed by atoms with Gasteiger partial charge in [0.2, 0.25) is 0 Å². The maximum absolute atomic E-state index is 11.6. The molecule has 5 heteroatoms. The first-order chi connectivity index (χ1) is 9.56. The fourth-order valence-corrected chi connectivity index (χ4v) is 1.77. The number of carbonyl (C=O) groups excluding carboxylic acids is 1. The van der Waals surface area contributed by atoms with E-state index in [2.05, 4.69) is 36.1 Å². The van der Waals surface area contributed by atoms with E-state index in [4.69, 9.17) is 4.74 Å². The Labute approximate surface area is 121 Å². The Hall–Kier alpha value is -1.62. The standard InChI is InChI=1S/C15H25N3O2/c1-12(2)18(3)11-6-5-9-16-14-13(15(19)20-4)8-7-10-17-14/h7-8,10,12H,5-6,9,11H2,1-4H3,(H,16,17). The van der Waals surface area contributed by atoms with Crippen molar-refractivity contribution in [1.29, 1.82) is 0 Å². The normalized spacial score (nSPS) is 10.9. The molecule has 1 aromatic rings. The zero-order valence-electron chi connectivity index (χ0n) is 12.8. The first-order valence-corrected chi connectivity index (χ1v) is 7.03. The van der Waals surface area contributed by atoms with Crippen LogP contribution in [0.4, 0.5) is 5.82 Å². The number of rotatable bonds is 8. The van der Waals surface area contributed by atoms with Crippen LogP contribution in [-0.2, 0) is 4.74 Å². The van der Waals surface area contributed by atoms with Crippen molar-refractivity contribution in [3.63, 3.8) is 0 Å². The van der Waals surface area contributed by atoms with Crippen LogP contribution >= 0.6 is 0 Å². The molecule has 0 aliphatic heterocycles. The van der Waals surface area contributed by atoms with E-state index >= 15 is 0 Å². The number of hydrogen-bond acceptors (Lipinski definition) is 5. The van der Waals surface area contributed by atoms with E-state index in [1.807, 2.05) is 0 Å². The van der Waals surface area contributed by atoms with Gasteiger partial charge in [-0.1, -0.05) is 0 Å². The molecule has 0 amide bonds. The van der Waals surface area contributed by atoms with Crippen LogP contribution in [0.2, 0.25) is 0 Å². The van der Waals surface area contributed by atoms with Crippen molar-refractivity contribution in [2.45, 2.75) is 32.7 Å². The molecule has 0 aromatic carbocycles. The van der Waals surface area contributed by atoms with Gasteiger partial charge in [-0.25, -0.2) is 9.78 Å². The zero-order chi connectivity index (χ0) is 15.0. The predicted molar refractivity (Wildman–Crippen MR) is 81.1 cm³/mol. The van der Waals surface area contributed by atoms with E-state index in [0.29, 0.717) is 17.4 Å². The molecule has 0 aliphatic rings. The van der Waals surface area contributed by atoms with Crippen molar-refractivity contribution in [2.75, 3.05) is 32.6 Å². The summed E-state index contributed by atoms with van der Waals surface area (Å²) in [5, 5.41) is 3.20. The van der Waals surface area contributed by atoms with Crippen LogP contribution in [0, 0.1) is 0 Å². The minimum atomic E-state index is -0.361. The Kier molecular flexibility index (Phi) is 7.01. The van der Waals surface area contributed by atoms with Crippen LogP contribution in [0.25, 0.3) is 0 Å². The van der Waals surface area contributed by atoms with Gasteiger partial charge in [-0.15, -0.1) is 0 Å². The fourth-order valence-electron chi connectivity index (χ4n) is 1.77. The smallest absolute Gasteiger partial charge is 0.341 e. The molecule has 0 spiro atoms. The van der Waals surface area contributed by atoms with Crippen molar-refractivity contribution in [3.8, 4) is 0 Å². The van der Waals surface area contributed by atoms with Crippen LogP contribution in [-0.4, -0.2) is 49.1 Å². The van der Waals surface area contributed by atoms with Crippen molar-refractivity contribution in [1.82, 2.24) is 9.88 Å². The van der Waals surface area contributed by atoms with Crippen LogP contribution < -0.4 is 5.32 Å². The Bertz CT molecular complexity index is 421.